The van der Waals surface area contributed by atoms with E-state index < -0.39 is 0 Å². The van der Waals surface area contributed by atoms with E-state index in [4.69, 9.17) is 15.2 Å². The highest BCUT2D eigenvalue weighted by molar-refractivity contribution is 5.41. The molecule has 2 rings (SSSR count). The van der Waals surface area contributed by atoms with Crippen molar-refractivity contribution in [3.63, 3.8) is 0 Å². The van der Waals surface area contributed by atoms with Crippen LogP contribution in [0.5, 0.6) is 17.2 Å². The third-order valence-electron chi connectivity index (χ3n) is 2.92. The molecule has 2 aromatic rings. The first kappa shape index (κ1) is 13.4. The van der Waals surface area contributed by atoms with Gasteiger partial charge in [-0.15, -0.1) is 0 Å². The Morgan fingerprint density at radius 2 is 1.68 bits per heavy atom. The molecule has 0 aromatic heterocycles. The van der Waals surface area contributed by atoms with Crippen molar-refractivity contribution in [1.82, 2.24) is 0 Å². The van der Waals surface area contributed by atoms with Gasteiger partial charge in [-0.2, -0.15) is 0 Å². The van der Waals surface area contributed by atoms with Crippen molar-refractivity contribution in [2.75, 3.05) is 13.7 Å². The summed E-state index contributed by atoms with van der Waals surface area (Å²) in [4.78, 5) is 0. The summed E-state index contributed by atoms with van der Waals surface area (Å²) in [5.74, 6) is 2.47. The quantitative estimate of drug-likeness (QED) is 0.893. The van der Waals surface area contributed by atoms with Gasteiger partial charge in [0.05, 0.1) is 7.11 Å². The van der Waals surface area contributed by atoms with Crippen molar-refractivity contribution in [3.8, 4) is 17.2 Å². The predicted octanol–water partition coefficient (Wildman–Crippen LogP) is 3.30. The monoisotopic (exact) mass is 257 g/mol. The smallest absolute Gasteiger partial charge is 0.130 e. The van der Waals surface area contributed by atoms with Crippen LogP contribution in [-0.2, 0) is 6.42 Å². The van der Waals surface area contributed by atoms with Crippen molar-refractivity contribution in [2.24, 2.45) is 5.73 Å². The van der Waals surface area contributed by atoms with E-state index in [1.165, 1.54) is 5.56 Å². The van der Waals surface area contributed by atoms with E-state index >= 15 is 0 Å². The molecular weight excluding hydrogens is 238 g/mol. The maximum absolute atomic E-state index is 5.91. The molecule has 0 spiro atoms. The van der Waals surface area contributed by atoms with Crippen LogP contribution in [0.2, 0.25) is 0 Å². The molecule has 0 fully saturated rings. The first-order valence-electron chi connectivity index (χ1n) is 6.34. The minimum atomic E-state index is 0.614. The Kier molecular flexibility index (Phi) is 4.42. The van der Waals surface area contributed by atoms with Gasteiger partial charge < -0.3 is 15.2 Å². The van der Waals surface area contributed by atoms with Crippen LogP contribution in [0.25, 0.3) is 0 Å². The molecule has 0 radical (unpaired) electrons. The molecule has 100 valence electrons. The molecule has 0 saturated carbocycles. The van der Waals surface area contributed by atoms with Crippen molar-refractivity contribution >= 4 is 0 Å². The van der Waals surface area contributed by atoms with E-state index in [-0.39, 0.29) is 0 Å². The lowest BCUT2D eigenvalue weighted by Crippen LogP contribution is -2.04. The van der Waals surface area contributed by atoms with Gasteiger partial charge in [0.1, 0.15) is 17.2 Å². The van der Waals surface area contributed by atoms with Crippen molar-refractivity contribution < 1.29 is 9.47 Å². The predicted molar refractivity (Wildman–Crippen MR) is 77.0 cm³/mol. The molecule has 0 amide bonds. The van der Waals surface area contributed by atoms with Crippen LogP contribution in [0.15, 0.2) is 42.5 Å². The molecule has 3 heteroatoms. The number of hydrogen-bond acceptors (Lipinski definition) is 3. The van der Waals surface area contributed by atoms with Gasteiger partial charge in [-0.3, -0.25) is 0 Å². The molecule has 0 unspecified atom stereocenters. The minimum absolute atomic E-state index is 0.614. The Hall–Kier alpha value is -2.00. The van der Waals surface area contributed by atoms with Crippen LogP contribution in [0.4, 0.5) is 0 Å². The second kappa shape index (κ2) is 6.25. The standard InChI is InChI=1S/C16H19NO2/c1-12-3-8-16(13(11-12)9-10-17)19-15-6-4-14(18-2)5-7-15/h3-8,11H,9-10,17H2,1-2H3. The molecule has 3 nitrogen and oxygen atoms in total. The molecule has 0 aliphatic rings. The average Bonchev–Trinajstić information content (AvgIpc) is 2.43. The van der Waals surface area contributed by atoms with E-state index in [0.29, 0.717) is 6.54 Å². The Bertz CT molecular complexity index is 535. The average molecular weight is 257 g/mol. The summed E-state index contributed by atoms with van der Waals surface area (Å²) in [5, 5.41) is 0. The van der Waals surface area contributed by atoms with Gasteiger partial charge in [-0.05, 0) is 55.8 Å². The number of methoxy groups -OCH3 is 1. The molecule has 0 atom stereocenters. The number of rotatable bonds is 5. The molecule has 2 aromatic carbocycles. The zero-order valence-corrected chi connectivity index (χ0v) is 11.3. The highest BCUT2D eigenvalue weighted by Crippen LogP contribution is 2.27. The molecule has 0 heterocycles. The normalized spacial score (nSPS) is 10.3. The minimum Gasteiger partial charge on any atom is -0.497 e. The van der Waals surface area contributed by atoms with Gasteiger partial charge in [0.15, 0.2) is 0 Å². The summed E-state index contributed by atoms with van der Waals surface area (Å²) in [5.41, 5.74) is 7.99. The van der Waals surface area contributed by atoms with Gasteiger partial charge in [0, 0.05) is 0 Å². The second-order valence-electron chi connectivity index (χ2n) is 4.43. The molecule has 2 N–H and O–H groups in total. The maximum atomic E-state index is 5.91. The summed E-state index contributed by atoms with van der Waals surface area (Å²) < 4.78 is 11.0. The van der Waals surface area contributed by atoms with Crippen molar-refractivity contribution in [3.05, 3.63) is 53.6 Å². The van der Waals surface area contributed by atoms with Gasteiger partial charge in [0.2, 0.25) is 0 Å². The van der Waals surface area contributed by atoms with Crippen LogP contribution in [0.3, 0.4) is 0 Å². The molecule has 0 aliphatic carbocycles. The lowest BCUT2D eigenvalue weighted by Gasteiger charge is -2.12. The Morgan fingerprint density at radius 1 is 1.00 bits per heavy atom. The van der Waals surface area contributed by atoms with E-state index in [1.807, 2.05) is 36.4 Å². The van der Waals surface area contributed by atoms with E-state index in [0.717, 1.165) is 29.2 Å². The maximum Gasteiger partial charge on any atom is 0.130 e. The van der Waals surface area contributed by atoms with Crippen LogP contribution in [0, 0.1) is 6.92 Å². The summed E-state index contributed by atoms with van der Waals surface area (Å²) in [7, 11) is 1.65. The summed E-state index contributed by atoms with van der Waals surface area (Å²) in [6, 6.07) is 13.7. The third kappa shape index (κ3) is 3.48. The number of aryl methyl sites for hydroxylation is 1. The fraction of sp³-hybridized carbons (Fsp3) is 0.250. The molecule has 19 heavy (non-hydrogen) atoms. The molecule has 0 aliphatic heterocycles. The van der Waals surface area contributed by atoms with E-state index in [9.17, 15) is 0 Å². The summed E-state index contributed by atoms with van der Waals surface area (Å²) in [6.07, 6.45) is 0.813. The zero-order valence-electron chi connectivity index (χ0n) is 11.3. The van der Waals surface area contributed by atoms with Crippen LogP contribution < -0.4 is 15.2 Å². The zero-order chi connectivity index (χ0) is 13.7. The first-order valence-corrected chi connectivity index (χ1v) is 6.34. The number of benzene rings is 2. The number of nitrogens with two attached hydrogens (primary N) is 1. The van der Waals surface area contributed by atoms with Gasteiger partial charge in [0.25, 0.3) is 0 Å². The number of hydrogen-bond donors (Lipinski definition) is 1. The Morgan fingerprint density at radius 3 is 2.32 bits per heavy atom. The SMILES string of the molecule is COc1ccc(Oc2ccc(C)cc2CCN)cc1. The lowest BCUT2D eigenvalue weighted by molar-refractivity contribution is 0.412. The van der Waals surface area contributed by atoms with E-state index in [1.54, 1.807) is 7.11 Å². The summed E-state index contributed by atoms with van der Waals surface area (Å²) in [6.45, 7) is 2.68. The number of ether oxygens (including phenoxy) is 2. The third-order valence-corrected chi connectivity index (χ3v) is 2.92. The van der Waals surface area contributed by atoms with Crippen LogP contribution >= 0.6 is 0 Å². The highest BCUT2D eigenvalue weighted by atomic mass is 16.5. The van der Waals surface area contributed by atoms with Gasteiger partial charge in [-0.25, -0.2) is 0 Å². The molecule has 0 saturated heterocycles. The topological polar surface area (TPSA) is 44.5 Å². The van der Waals surface area contributed by atoms with Crippen molar-refractivity contribution in [1.29, 1.82) is 0 Å². The van der Waals surface area contributed by atoms with Crippen LogP contribution in [0.1, 0.15) is 11.1 Å². The fourth-order valence-electron chi connectivity index (χ4n) is 1.93. The molecule has 0 bridgehead atoms. The summed E-state index contributed by atoms with van der Waals surface area (Å²) >= 11 is 0. The van der Waals surface area contributed by atoms with Gasteiger partial charge >= 0.3 is 0 Å². The largest absolute Gasteiger partial charge is 0.497 e. The van der Waals surface area contributed by atoms with E-state index in [2.05, 4.69) is 13.0 Å². The lowest BCUT2D eigenvalue weighted by atomic mass is 10.1. The van der Waals surface area contributed by atoms with Gasteiger partial charge in [-0.1, -0.05) is 17.7 Å². The fourth-order valence-corrected chi connectivity index (χ4v) is 1.93. The second-order valence-corrected chi connectivity index (χ2v) is 4.43. The first-order chi connectivity index (χ1) is 9.22. The van der Waals surface area contributed by atoms with Crippen LogP contribution in [-0.4, -0.2) is 13.7 Å². The highest BCUT2D eigenvalue weighted by Gasteiger charge is 2.05. The Balaban J connectivity index is 2.21. The molecular formula is C16H19NO2. The van der Waals surface area contributed by atoms with Crippen molar-refractivity contribution in [2.45, 2.75) is 13.3 Å². The Labute approximate surface area is 114 Å².